The van der Waals surface area contributed by atoms with E-state index in [1.165, 1.54) is 193 Å². The average Bonchev–Trinajstić information content (AvgIpc) is 3.22. The van der Waals surface area contributed by atoms with Crippen LogP contribution in [0, 0.1) is 5.92 Å². The first-order chi connectivity index (χ1) is 28.9. The fraction of sp³-hybridized carbons (Fsp3) is 0.943. The van der Waals surface area contributed by atoms with Crippen LogP contribution in [-0.2, 0) is 28.6 Å². The molecule has 59 heavy (non-hydrogen) atoms. The fourth-order valence-corrected chi connectivity index (χ4v) is 8.04. The molecule has 0 spiro atoms. The molecule has 0 aromatic carbocycles. The smallest absolute Gasteiger partial charge is 0.306 e. The molecule has 0 aromatic heterocycles. The number of ether oxygens (including phenoxy) is 3. The third-order valence-corrected chi connectivity index (χ3v) is 12.0. The second kappa shape index (κ2) is 47.5. The zero-order chi connectivity index (χ0) is 43.1. The SMILES string of the molecule is CCCCCCCCCCCCCCCC(=O)OC[C@@H](COC(=O)CCCCCCCCCCCCC)OC(=O)CCCCCCCCCCCCCCCCC(C)C. The van der Waals surface area contributed by atoms with Gasteiger partial charge in [-0.1, -0.05) is 259 Å². The van der Waals surface area contributed by atoms with E-state index in [0.29, 0.717) is 19.3 Å². The lowest BCUT2D eigenvalue weighted by Gasteiger charge is -2.18. The highest BCUT2D eigenvalue weighted by molar-refractivity contribution is 5.71. The van der Waals surface area contributed by atoms with Gasteiger partial charge in [0, 0.05) is 19.3 Å². The first-order valence-corrected chi connectivity index (χ1v) is 26.4. The molecule has 0 aromatic rings. The molecule has 0 N–H and O–H groups in total. The third kappa shape index (κ3) is 47.3. The van der Waals surface area contributed by atoms with Gasteiger partial charge in [-0.15, -0.1) is 0 Å². The number of carbonyl (C=O) groups is 3. The summed E-state index contributed by atoms with van der Waals surface area (Å²) in [6.45, 7) is 9.03. The maximum atomic E-state index is 12.8. The number of esters is 3. The maximum absolute atomic E-state index is 12.8. The second-order valence-corrected chi connectivity index (χ2v) is 18.6. The van der Waals surface area contributed by atoms with Gasteiger partial charge in [0.25, 0.3) is 0 Å². The molecule has 6 nitrogen and oxygen atoms in total. The van der Waals surface area contributed by atoms with E-state index in [-0.39, 0.29) is 31.1 Å². The predicted octanol–water partition coefficient (Wildman–Crippen LogP) is 17.1. The molecule has 0 aliphatic carbocycles. The minimum Gasteiger partial charge on any atom is -0.462 e. The number of hydrogen-bond acceptors (Lipinski definition) is 6. The minimum absolute atomic E-state index is 0.0625. The van der Waals surface area contributed by atoms with E-state index in [0.717, 1.165) is 63.7 Å². The number of unbranched alkanes of at least 4 members (excludes halogenated alkanes) is 35. The van der Waals surface area contributed by atoms with Crippen molar-refractivity contribution in [1.29, 1.82) is 0 Å². The zero-order valence-electron chi connectivity index (χ0n) is 40.2. The predicted molar refractivity (Wildman–Crippen MR) is 252 cm³/mol. The maximum Gasteiger partial charge on any atom is 0.306 e. The van der Waals surface area contributed by atoms with Gasteiger partial charge >= 0.3 is 17.9 Å². The number of hydrogen-bond donors (Lipinski definition) is 0. The van der Waals surface area contributed by atoms with Crippen LogP contribution >= 0.6 is 0 Å². The van der Waals surface area contributed by atoms with Crippen molar-refractivity contribution in [3.63, 3.8) is 0 Å². The molecular formula is C53H102O6. The molecule has 0 unspecified atom stereocenters. The van der Waals surface area contributed by atoms with Crippen LogP contribution in [0.25, 0.3) is 0 Å². The van der Waals surface area contributed by atoms with E-state index in [1.807, 2.05) is 0 Å². The van der Waals surface area contributed by atoms with Crippen LogP contribution in [-0.4, -0.2) is 37.2 Å². The Balaban J connectivity index is 4.29. The van der Waals surface area contributed by atoms with Gasteiger partial charge in [-0.25, -0.2) is 0 Å². The summed E-state index contributed by atoms with van der Waals surface area (Å²) in [6.07, 6.45) is 49.4. The summed E-state index contributed by atoms with van der Waals surface area (Å²) in [5.74, 6) is 0.000600. The lowest BCUT2D eigenvalue weighted by atomic mass is 10.0. The average molecular weight is 835 g/mol. The standard InChI is InChI=1S/C53H102O6/c1-5-7-9-11-13-15-17-20-25-29-33-37-41-45-52(55)58-48-50(47-57-51(54)44-40-36-32-28-23-16-14-12-10-8-6-2)59-53(56)46-42-38-34-30-26-22-19-18-21-24-27-31-35-39-43-49(3)4/h49-50H,5-48H2,1-4H3/t50-/m1/s1. The van der Waals surface area contributed by atoms with E-state index < -0.39 is 6.10 Å². The highest BCUT2D eigenvalue weighted by Gasteiger charge is 2.19. The van der Waals surface area contributed by atoms with E-state index in [9.17, 15) is 14.4 Å². The largest absolute Gasteiger partial charge is 0.462 e. The first kappa shape index (κ1) is 57.4. The van der Waals surface area contributed by atoms with Crippen LogP contribution in [0.2, 0.25) is 0 Å². The molecule has 0 radical (unpaired) electrons. The molecule has 0 saturated carbocycles. The summed E-state index contributed by atoms with van der Waals surface area (Å²) in [5.41, 5.74) is 0. The topological polar surface area (TPSA) is 78.9 Å². The Hall–Kier alpha value is -1.59. The molecule has 0 fully saturated rings. The van der Waals surface area contributed by atoms with Gasteiger partial charge in [0.2, 0.25) is 0 Å². The van der Waals surface area contributed by atoms with Crippen LogP contribution in [0.5, 0.6) is 0 Å². The quantitative estimate of drug-likeness (QED) is 0.0345. The summed E-state index contributed by atoms with van der Waals surface area (Å²) >= 11 is 0. The molecule has 0 bridgehead atoms. The monoisotopic (exact) mass is 835 g/mol. The zero-order valence-corrected chi connectivity index (χ0v) is 40.2. The number of rotatable bonds is 48. The molecule has 350 valence electrons. The van der Waals surface area contributed by atoms with Crippen LogP contribution < -0.4 is 0 Å². The van der Waals surface area contributed by atoms with Crippen molar-refractivity contribution < 1.29 is 28.6 Å². The fourth-order valence-electron chi connectivity index (χ4n) is 8.04. The number of carbonyl (C=O) groups excluding carboxylic acids is 3. The van der Waals surface area contributed by atoms with Crippen molar-refractivity contribution in [2.24, 2.45) is 5.92 Å². The second-order valence-electron chi connectivity index (χ2n) is 18.6. The van der Waals surface area contributed by atoms with Crippen molar-refractivity contribution in [2.45, 2.75) is 303 Å². The molecule has 0 amide bonds. The van der Waals surface area contributed by atoms with Crippen LogP contribution in [0.15, 0.2) is 0 Å². The Morgan fingerprint density at radius 1 is 0.322 bits per heavy atom. The summed E-state index contributed by atoms with van der Waals surface area (Å²) in [6, 6.07) is 0. The van der Waals surface area contributed by atoms with Gasteiger partial charge in [0.05, 0.1) is 0 Å². The van der Waals surface area contributed by atoms with E-state index in [4.69, 9.17) is 14.2 Å². The van der Waals surface area contributed by atoms with Crippen molar-refractivity contribution in [3.05, 3.63) is 0 Å². The molecular weight excluding hydrogens is 733 g/mol. The molecule has 0 rings (SSSR count). The summed E-state index contributed by atoms with van der Waals surface area (Å²) in [7, 11) is 0. The Morgan fingerprint density at radius 3 is 0.831 bits per heavy atom. The van der Waals surface area contributed by atoms with Crippen LogP contribution in [0.3, 0.4) is 0 Å². The third-order valence-electron chi connectivity index (χ3n) is 12.0. The van der Waals surface area contributed by atoms with Gasteiger partial charge in [-0.05, 0) is 25.2 Å². The van der Waals surface area contributed by atoms with Gasteiger partial charge in [0.15, 0.2) is 6.10 Å². The Bertz CT molecular complexity index is 887. The lowest BCUT2D eigenvalue weighted by molar-refractivity contribution is -0.167. The normalized spacial score (nSPS) is 11.9. The Morgan fingerprint density at radius 2 is 0.559 bits per heavy atom. The van der Waals surface area contributed by atoms with E-state index in [2.05, 4.69) is 27.7 Å². The van der Waals surface area contributed by atoms with E-state index >= 15 is 0 Å². The van der Waals surface area contributed by atoms with Crippen molar-refractivity contribution >= 4 is 17.9 Å². The van der Waals surface area contributed by atoms with Crippen molar-refractivity contribution in [3.8, 4) is 0 Å². The van der Waals surface area contributed by atoms with Crippen LogP contribution in [0.4, 0.5) is 0 Å². The van der Waals surface area contributed by atoms with Crippen molar-refractivity contribution in [2.75, 3.05) is 13.2 Å². The summed E-state index contributed by atoms with van der Waals surface area (Å²) < 4.78 is 16.8. The highest BCUT2D eigenvalue weighted by atomic mass is 16.6. The Kier molecular flexibility index (Phi) is 46.2. The van der Waals surface area contributed by atoms with Crippen molar-refractivity contribution in [1.82, 2.24) is 0 Å². The minimum atomic E-state index is -0.760. The van der Waals surface area contributed by atoms with E-state index in [1.54, 1.807) is 0 Å². The van der Waals surface area contributed by atoms with Crippen LogP contribution in [0.1, 0.15) is 297 Å². The van der Waals surface area contributed by atoms with Gasteiger partial charge in [-0.2, -0.15) is 0 Å². The Labute approximate surface area is 368 Å². The van der Waals surface area contributed by atoms with Gasteiger partial charge in [-0.3, -0.25) is 14.4 Å². The van der Waals surface area contributed by atoms with Gasteiger partial charge in [0.1, 0.15) is 13.2 Å². The molecule has 0 saturated heterocycles. The summed E-state index contributed by atoms with van der Waals surface area (Å²) in [4.78, 5) is 37.9. The molecule has 0 heterocycles. The summed E-state index contributed by atoms with van der Waals surface area (Å²) in [5, 5.41) is 0. The van der Waals surface area contributed by atoms with Gasteiger partial charge < -0.3 is 14.2 Å². The molecule has 0 aliphatic heterocycles. The first-order valence-electron chi connectivity index (χ1n) is 26.4. The molecule has 6 heteroatoms. The molecule has 0 aliphatic rings. The highest BCUT2D eigenvalue weighted by Crippen LogP contribution is 2.17. The lowest BCUT2D eigenvalue weighted by Crippen LogP contribution is -2.30. The molecule has 1 atom stereocenters.